The molecule has 0 spiro atoms. The third kappa shape index (κ3) is 2.76. The highest BCUT2D eigenvalue weighted by Crippen LogP contribution is 2.32. The molecule has 0 amide bonds. The summed E-state index contributed by atoms with van der Waals surface area (Å²) in [7, 11) is 0. The van der Waals surface area contributed by atoms with Gasteiger partial charge in [-0.15, -0.1) is 0 Å². The summed E-state index contributed by atoms with van der Waals surface area (Å²) in [5.41, 5.74) is 6.65. The Balaban J connectivity index is 3.10. The van der Waals surface area contributed by atoms with Crippen molar-refractivity contribution in [2.75, 3.05) is 0 Å². The van der Waals surface area contributed by atoms with Gasteiger partial charge in [0.2, 0.25) is 0 Å². The highest BCUT2D eigenvalue weighted by Gasteiger charge is 2.30. The van der Waals surface area contributed by atoms with Crippen molar-refractivity contribution in [2.45, 2.75) is 38.9 Å². The van der Waals surface area contributed by atoms with Gasteiger partial charge in [-0.25, -0.2) is 0 Å². The quantitative estimate of drug-likeness (QED) is 0.828. The fourth-order valence-corrected chi connectivity index (χ4v) is 1.65. The van der Waals surface area contributed by atoms with E-state index in [1.165, 1.54) is 12.1 Å². The van der Waals surface area contributed by atoms with Gasteiger partial charge in [-0.2, -0.15) is 13.2 Å². The summed E-state index contributed by atoms with van der Waals surface area (Å²) in [4.78, 5) is 0. The maximum absolute atomic E-state index is 12.4. The summed E-state index contributed by atoms with van der Waals surface area (Å²) in [6, 6.07) is 3.73. The van der Waals surface area contributed by atoms with Gasteiger partial charge in [0.15, 0.2) is 0 Å². The molecule has 0 aliphatic rings. The normalized spacial score (nSPS) is 15.9. The number of alkyl halides is 3. The van der Waals surface area contributed by atoms with Crippen LogP contribution in [0.2, 0.25) is 0 Å². The van der Waals surface area contributed by atoms with E-state index in [0.29, 0.717) is 5.56 Å². The second kappa shape index (κ2) is 4.45. The summed E-state index contributed by atoms with van der Waals surface area (Å²) >= 11 is 0. The zero-order valence-corrected chi connectivity index (χ0v) is 9.60. The van der Waals surface area contributed by atoms with E-state index in [1.54, 1.807) is 6.92 Å². The van der Waals surface area contributed by atoms with E-state index in [4.69, 9.17) is 5.73 Å². The lowest BCUT2D eigenvalue weighted by Gasteiger charge is -2.19. The molecule has 1 nitrogen and oxygen atoms in total. The van der Waals surface area contributed by atoms with E-state index in [1.807, 2.05) is 13.8 Å². The molecular weight excluding hydrogens is 215 g/mol. The summed E-state index contributed by atoms with van der Waals surface area (Å²) in [6.45, 7) is 5.45. The highest BCUT2D eigenvalue weighted by atomic mass is 19.4. The lowest BCUT2D eigenvalue weighted by Crippen LogP contribution is -2.23. The number of aryl methyl sites for hydroxylation is 1. The van der Waals surface area contributed by atoms with E-state index >= 15 is 0 Å². The Labute approximate surface area is 93.5 Å². The maximum atomic E-state index is 12.4. The molecule has 1 aromatic carbocycles. The summed E-state index contributed by atoms with van der Waals surface area (Å²) in [5.74, 6) is 0.0577. The SMILES string of the molecule is Cc1cc(C(F)(F)F)ccc1C(C)C(C)N. The number of nitrogens with two attached hydrogens (primary N) is 1. The summed E-state index contributed by atoms with van der Waals surface area (Å²) < 4.78 is 37.3. The molecule has 0 heterocycles. The van der Waals surface area contributed by atoms with E-state index < -0.39 is 11.7 Å². The average Bonchev–Trinajstić information content (AvgIpc) is 2.15. The Morgan fingerprint density at radius 1 is 1.19 bits per heavy atom. The topological polar surface area (TPSA) is 26.0 Å². The number of benzene rings is 1. The monoisotopic (exact) mass is 231 g/mol. The van der Waals surface area contributed by atoms with Gasteiger partial charge in [0.05, 0.1) is 5.56 Å². The van der Waals surface area contributed by atoms with Crippen LogP contribution in [0.4, 0.5) is 13.2 Å². The number of rotatable bonds is 2. The average molecular weight is 231 g/mol. The molecule has 2 atom stereocenters. The second-order valence-electron chi connectivity index (χ2n) is 4.22. The van der Waals surface area contributed by atoms with E-state index in [2.05, 4.69) is 0 Å². The van der Waals surface area contributed by atoms with E-state index in [-0.39, 0.29) is 12.0 Å². The van der Waals surface area contributed by atoms with Crippen molar-refractivity contribution in [1.82, 2.24) is 0 Å². The lowest BCUT2D eigenvalue weighted by atomic mass is 9.90. The number of halogens is 3. The molecular formula is C12H16F3N. The molecule has 1 aromatic rings. The first-order chi connectivity index (χ1) is 7.23. The Kier molecular flexibility index (Phi) is 3.63. The second-order valence-corrected chi connectivity index (χ2v) is 4.22. The smallest absolute Gasteiger partial charge is 0.327 e. The Bertz CT molecular complexity index is 369. The van der Waals surface area contributed by atoms with Crippen molar-refractivity contribution in [3.8, 4) is 0 Å². The van der Waals surface area contributed by atoms with Crippen LogP contribution in [0.3, 0.4) is 0 Å². The molecule has 0 saturated carbocycles. The summed E-state index contributed by atoms with van der Waals surface area (Å²) in [5, 5.41) is 0. The Hall–Kier alpha value is -1.03. The predicted molar refractivity (Wildman–Crippen MR) is 58.2 cm³/mol. The minimum Gasteiger partial charge on any atom is -0.327 e. The first kappa shape index (κ1) is 13.0. The van der Waals surface area contributed by atoms with E-state index in [9.17, 15) is 13.2 Å². The molecule has 0 aromatic heterocycles. The van der Waals surface area contributed by atoms with Crippen molar-refractivity contribution < 1.29 is 13.2 Å². The van der Waals surface area contributed by atoms with Crippen LogP contribution in [0.15, 0.2) is 18.2 Å². The van der Waals surface area contributed by atoms with E-state index in [0.717, 1.165) is 11.6 Å². The zero-order chi connectivity index (χ0) is 12.5. The van der Waals surface area contributed by atoms with Gasteiger partial charge in [-0.3, -0.25) is 0 Å². The molecule has 2 unspecified atom stereocenters. The zero-order valence-electron chi connectivity index (χ0n) is 9.60. The van der Waals surface area contributed by atoms with Crippen LogP contribution < -0.4 is 5.73 Å². The van der Waals surface area contributed by atoms with Gasteiger partial charge in [-0.1, -0.05) is 13.0 Å². The molecule has 0 aliphatic heterocycles. The van der Waals surface area contributed by atoms with Crippen molar-refractivity contribution >= 4 is 0 Å². The first-order valence-corrected chi connectivity index (χ1v) is 5.17. The van der Waals surface area contributed by atoms with Crippen molar-refractivity contribution in [1.29, 1.82) is 0 Å². The predicted octanol–water partition coefficient (Wildman–Crippen LogP) is 3.46. The summed E-state index contributed by atoms with van der Waals surface area (Å²) in [6.07, 6.45) is -4.28. The molecule has 0 fully saturated rings. The van der Waals surface area contributed by atoms with Crippen LogP contribution in [0, 0.1) is 6.92 Å². The van der Waals surface area contributed by atoms with Gasteiger partial charge < -0.3 is 5.73 Å². The van der Waals surface area contributed by atoms with Crippen LogP contribution in [0.1, 0.15) is 36.5 Å². The number of hydrogen-bond acceptors (Lipinski definition) is 1. The minimum absolute atomic E-state index is 0.0577. The maximum Gasteiger partial charge on any atom is 0.416 e. The molecule has 0 aliphatic carbocycles. The molecule has 4 heteroatoms. The fraction of sp³-hybridized carbons (Fsp3) is 0.500. The minimum atomic E-state index is -4.28. The van der Waals surface area contributed by atoms with Gasteiger partial charge >= 0.3 is 6.18 Å². The lowest BCUT2D eigenvalue weighted by molar-refractivity contribution is -0.137. The van der Waals surface area contributed by atoms with Gasteiger partial charge in [0.1, 0.15) is 0 Å². The molecule has 90 valence electrons. The highest BCUT2D eigenvalue weighted by molar-refractivity contribution is 5.35. The van der Waals surface area contributed by atoms with Gasteiger partial charge in [0.25, 0.3) is 0 Å². The Morgan fingerprint density at radius 3 is 2.12 bits per heavy atom. The first-order valence-electron chi connectivity index (χ1n) is 5.17. The van der Waals surface area contributed by atoms with Gasteiger partial charge in [0, 0.05) is 6.04 Å². The standard InChI is InChI=1S/C12H16F3N/c1-7-6-10(12(13,14)15)4-5-11(7)8(2)9(3)16/h4-6,8-9H,16H2,1-3H3. The fourth-order valence-electron chi connectivity index (χ4n) is 1.65. The van der Waals surface area contributed by atoms with Crippen LogP contribution >= 0.6 is 0 Å². The third-order valence-electron chi connectivity index (χ3n) is 2.88. The van der Waals surface area contributed by atoms with Crippen LogP contribution in [-0.2, 0) is 6.18 Å². The van der Waals surface area contributed by atoms with Crippen LogP contribution in [-0.4, -0.2) is 6.04 Å². The molecule has 0 radical (unpaired) electrons. The number of hydrogen-bond donors (Lipinski definition) is 1. The van der Waals surface area contributed by atoms with Crippen LogP contribution in [0.5, 0.6) is 0 Å². The molecule has 0 bridgehead atoms. The third-order valence-corrected chi connectivity index (χ3v) is 2.88. The van der Waals surface area contributed by atoms with Crippen molar-refractivity contribution in [2.24, 2.45) is 5.73 Å². The molecule has 0 saturated heterocycles. The molecule has 1 rings (SSSR count). The Morgan fingerprint density at radius 2 is 1.75 bits per heavy atom. The van der Waals surface area contributed by atoms with Crippen molar-refractivity contribution in [3.63, 3.8) is 0 Å². The molecule has 2 N–H and O–H groups in total. The van der Waals surface area contributed by atoms with Gasteiger partial charge in [-0.05, 0) is 43.0 Å². The molecule has 16 heavy (non-hydrogen) atoms. The van der Waals surface area contributed by atoms with Crippen molar-refractivity contribution in [3.05, 3.63) is 34.9 Å². The largest absolute Gasteiger partial charge is 0.416 e. The van der Waals surface area contributed by atoms with Crippen LogP contribution in [0.25, 0.3) is 0 Å².